The molecule has 3 aromatic rings. The largest absolute Gasteiger partial charge is 0.507 e. The number of carbonyl (C=O) groups is 2. The molecule has 0 radical (unpaired) electrons. The van der Waals surface area contributed by atoms with Crippen LogP contribution in [0.3, 0.4) is 0 Å². The summed E-state index contributed by atoms with van der Waals surface area (Å²) in [7, 11) is 0. The molecule has 4 rings (SSSR count). The van der Waals surface area contributed by atoms with Crippen molar-refractivity contribution >= 4 is 17.5 Å². The Hall–Kier alpha value is -3.94. The van der Waals surface area contributed by atoms with Crippen molar-refractivity contribution in [2.75, 3.05) is 18.5 Å². The van der Waals surface area contributed by atoms with Gasteiger partial charge in [-0.3, -0.25) is 9.59 Å². The van der Waals surface area contributed by atoms with Gasteiger partial charge in [0, 0.05) is 22.8 Å². The van der Waals surface area contributed by atoms with Gasteiger partial charge in [-0.1, -0.05) is 18.2 Å². The summed E-state index contributed by atoms with van der Waals surface area (Å²) in [4.78, 5) is 25.0. The van der Waals surface area contributed by atoms with Crippen molar-refractivity contribution in [1.29, 1.82) is 0 Å². The number of fused-ring (bicyclic) bond motifs is 6. The highest BCUT2D eigenvalue weighted by Gasteiger charge is 2.20. The van der Waals surface area contributed by atoms with Crippen molar-refractivity contribution in [3.8, 4) is 22.6 Å². The third-order valence-corrected chi connectivity index (χ3v) is 4.63. The minimum absolute atomic E-state index is 0.0270. The number of hydrogen-bond donors (Lipinski definition) is 3. The molecule has 0 aliphatic carbocycles. The van der Waals surface area contributed by atoms with Gasteiger partial charge in [0.25, 0.3) is 11.8 Å². The van der Waals surface area contributed by atoms with Crippen LogP contribution < -0.4 is 15.4 Å². The first kappa shape index (κ1) is 19.4. The lowest BCUT2D eigenvalue weighted by atomic mass is 10.0. The van der Waals surface area contributed by atoms with Crippen LogP contribution in [-0.4, -0.2) is 30.1 Å². The quantitative estimate of drug-likeness (QED) is 0.527. The number of aromatic hydroxyl groups is 1. The fraction of sp³-hybridized carbons (Fsp3) is 0.0909. The molecule has 2 amide bonds. The van der Waals surface area contributed by atoms with E-state index in [1.165, 1.54) is 18.2 Å². The van der Waals surface area contributed by atoms with Gasteiger partial charge in [0.1, 0.15) is 29.7 Å². The Balaban J connectivity index is 1.85. The highest BCUT2D eigenvalue weighted by Crippen LogP contribution is 2.35. The lowest BCUT2D eigenvalue weighted by Gasteiger charge is -2.14. The number of nitrogens with one attached hydrogen (secondary N) is 2. The van der Waals surface area contributed by atoms with Gasteiger partial charge >= 0.3 is 0 Å². The fourth-order valence-corrected chi connectivity index (χ4v) is 3.14. The normalized spacial score (nSPS) is 13.8. The maximum atomic E-state index is 14.6. The zero-order chi connectivity index (χ0) is 21.3. The van der Waals surface area contributed by atoms with Crippen molar-refractivity contribution in [3.05, 3.63) is 77.4 Å². The van der Waals surface area contributed by atoms with Crippen LogP contribution in [0, 0.1) is 11.6 Å². The van der Waals surface area contributed by atoms with Gasteiger partial charge in [-0.15, -0.1) is 0 Å². The lowest BCUT2D eigenvalue weighted by Crippen LogP contribution is -2.28. The molecule has 0 aromatic heterocycles. The minimum atomic E-state index is -0.985. The Morgan fingerprint density at radius 1 is 0.867 bits per heavy atom. The molecular formula is C22H16F2N2O4. The molecule has 3 N–H and O–H groups in total. The minimum Gasteiger partial charge on any atom is -0.507 e. The number of anilines is 1. The molecule has 8 heteroatoms. The second kappa shape index (κ2) is 7.82. The van der Waals surface area contributed by atoms with Crippen LogP contribution in [0.1, 0.15) is 20.7 Å². The van der Waals surface area contributed by atoms with Crippen LogP contribution in [0.2, 0.25) is 0 Å². The second-order valence-corrected chi connectivity index (χ2v) is 6.60. The summed E-state index contributed by atoms with van der Waals surface area (Å²) in [6.07, 6.45) is 0. The number of amides is 2. The number of halogens is 2. The molecule has 0 fully saturated rings. The van der Waals surface area contributed by atoms with Crippen LogP contribution >= 0.6 is 0 Å². The van der Waals surface area contributed by atoms with Gasteiger partial charge < -0.3 is 20.5 Å². The number of benzene rings is 3. The highest BCUT2D eigenvalue weighted by atomic mass is 19.1. The van der Waals surface area contributed by atoms with E-state index in [9.17, 15) is 23.5 Å². The van der Waals surface area contributed by atoms with Gasteiger partial charge in [0.05, 0.1) is 17.8 Å². The maximum Gasteiger partial charge on any atom is 0.259 e. The monoisotopic (exact) mass is 410 g/mol. The van der Waals surface area contributed by atoms with E-state index in [-0.39, 0.29) is 41.3 Å². The lowest BCUT2D eigenvalue weighted by molar-refractivity contribution is 0.0947. The molecule has 152 valence electrons. The van der Waals surface area contributed by atoms with Crippen molar-refractivity contribution in [3.63, 3.8) is 0 Å². The molecule has 1 heterocycles. The van der Waals surface area contributed by atoms with Gasteiger partial charge in [0.15, 0.2) is 0 Å². The average Bonchev–Trinajstić information content (AvgIpc) is 2.73. The number of para-hydroxylation sites is 1. The van der Waals surface area contributed by atoms with E-state index in [0.29, 0.717) is 17.4 Å². The summed E-state index contributed by atoms with van der Waals surface area (Å²) < 4.78 is 34.6. The first-order chi connectivity index (χ1) is 14.4. The van der Waals surface area contributed by atoms with Crippen molar-refractivity contribution in [2.45, 2.75) is 0 Å². The topological polar surface area (TPSA) is 87.7 Å². The first-order valence-electron chi connectivity index (χ1n) is 9.08. The Labute approximate surface area is 170 Å². The summed E-state index contributed by atoms with van der Waals surface area (Å²) in [5, 5.41) is 15.0. The van der Waals surface area contributed by atoms with E-state index in [0.717, 1.165) is 6.07 Å². The predicted octanol–water partition coefficient (Wildman–Crippen LogP) is 3.71. The molecule has 1 aliphatic heterocycles. The van der Waals surface area contributed by atoms with E-state index >= 15 is 0 Å². The molecule has 4 bridgehead atoms. The van der Waals surface area contributed by atoms with E-state index in [1.54, 1.807) is 24.3 Å². The highest BCUT2D eigenvalue weighted by molar-refractivity contribution is 6.08. The number of phenols is 1. The third-order valence-electron chi connectivity index (χ3n) is 4.63. The van der Waals surface area contributed by atoms with Gasteiger partial charge in [-0.2, -0.15) is 0 Å². The van der Waals surface area contributed by atoms with Gasteiger partial charge in [-0.05, 0) is 30.3 Å². The molecule has 0 saturated carbocycles. The Kier molecular flexibility index (Phi) is 5.05. The second-order valence-electron chi connectivity index (χ2n) is 6.60. The molecular weight excluding hydrogens is 394 g/mol. The van der Waals surface area contributed by atoms with E-state index < -0.39 is 23.4 Å². The standard InChI is InChI=1S/C22H16F2N2O4/c23-16-11-17(24)18-10-14(16)13-3-1-2-4-20(13)30-8-7-25-21(28)12-5-6-19(27)15(9-12)22(29)26-18/h1-6,9-11,27H,7-8H2,(H,25,28)(H,26,29). The van der Waals surface area contributed by atoms with E-state index in [1.807, 2.05) is 0 Å². The Morgan fingerprint density at radius 3 is 2.50 bits per heavy atom. The molecule has 0 spiro atoms. The zero-order valence-electron chi connectivity index (χ0n) is 15.5. The van der Waals surface area contributed by atoms with Gasteiger partial charge in [0.2, 0.25) is 0 Å². The summed E-state index contributed by atoms with van der Waals surface area (Å²) in [5.74, 6) is -3.19. The zero-order valence-corrected chi connectivity index (χ0v) is 15.5. The molecule has 30 heavy (non-hydrogen) atoms. The molecule has 0 saturated heterocycles. The van der Waals surface area contributed by atoms with Crippen LogP contribution in [0.4, 0.5) is 14.5 Å². The van der Waals surface area contributed by atoms with Crippen LogP contribution in [0.25, 0.3) is 11.1 Å². The van der Waals surface area contributed by atoms with E-state index in [4.69, 9.17) is 4.74 Å². The SMILES string of the molecule is O=C1NCCOc2ccccc2-c2cc(c(F)cc2F)NC(=O)c2cc1ccc2O. The summed E-state index contributed by atoms with van der Waals surface area (Å²) >= 11 is 0. The summed E-state index contributed by atoms with van der Waals surface area (Å²) in [6.45, 7) is 0.243. The Bertz CT molecular complexity index is 1160. The number of carbonyl (C=O) groups excluding carboxylic acids is 2. The number of ether oxygens (including phenoxy) is 1. The fourth-order valence-electron chi connectivity index (χ4n) is 3.14. The summed E-state index contributed by atoms with van der Waals surface area (Å²) in [6, 6.07) is 12.2. The smallest absolute Gasteiger partial charge is 0.259 e. The third kappa shape index (κ3) is 3.67. The van der Waals surface area contributed by atoms with Crippen LogP contribution in [0.5, 0.6) is 11.5 Å². The van der Waals surface area contributed by atoms with E-state index in [2.05, 4.69) is 10.6 Å². The molecule has 0 unspecified atom stereocenters. The molecule has 0 atom stereocenters. The number of rotatable bonds is 0. The predicted molar refractivity (Wildman–Crippen MR) is 106 cm³/mol. The van der Waals surface area contributed by atoms with Crippen molar-refractivity contribution in [2.24, 2.45) is 0 Å². The molecule has 1 aliphatic rings. The van der Waals surface area contributed by atoms with Crippen LogP contribution in [-0.2, 0) is 0 Å². The van der Waals surface area contributed by atoms with Crippen molar-refractivity contribution in [1.82, 2.24) is 5.32 Å². The first-order valence-corrected chi connectivity index (χ1v) is 9.08. The molecule has 3 aromatic carbocycles. The number of hydrogen-bond acceptors (Lipinski definition) is 4. The van der Waals surface area contributed by atoms with Crippen LogP contribution in [0.15, 0.2) is 54.6 Å². The summed E-state index contributed by atoms with van der Waals surface area (Å²) in [5.41, 5.74) is 0.0116. The maximum absolute atomic E-state index is 14.6. The Morgan fingerprint density at radius 2 is 1.67 bits per heavy atom. The van der Waals surface area contributed by atoms with Gasteiger partial charge in [-0.25, -0.2) is 8.78 Å². The van der Waals surface area contributed by atoms with Crippen molar-refractivity contribution < 1.29 is 28.2 Å². The average molecular weight is 410 g/mol. The number of phenolic OH excluding ortho intramolecular Hbond substituents is 1. The molecule has 6 nitrogen and oxygen atoms in total.